The number of carbonyl (C=O) groups excluding carboxylic acids is 1. The van der Waals surface area contributed by atoms with Crippen LogP contribution in [0.1, 0.15) is 13.8 Å². The van der Waals surface area contributed by atoms with Gasteiger partial charge in [0.2, 0.25) is 5.91 Å². The summed E-state index contributed by atoms with van der Waals surface area (Å²) in [6.45, 7) is 4.68. The van der Waals surface area contributed by atoms with Crippen LogP contribution in [0.15, 0.2) is 6.07 Å². The molecule has 0 saturated heterocycles. The molecule has 0 radical (unpaired) electrons. The van der Waals surface area contributed by atoms with Crippen LogP contribution in [0.5, 0.6) is 0 Å². The van der Waals surface area contributed by atoms with Gasteiger partial charge >= 0.3 is 0 Å². The Balaban J connectivity index is 2.75. The first-order valence-electron chi connectivity index (χ1n) is 5.87. The normalized spacial score (nSPS) is 10.2. The molecular weight excluding hydrogens is 256 g/mol. The minimum atomic E-state index is -0.902. The molecule has 1 amide bonds. The van der Waals surface area contributed by atoms with Crippen LogP contribution in [0.2, 0.25) is 0 Å². The number of nitrogen functional groups attached to an aromatic ring is 1. The monoisotopic (exact) mass is 273 g/mol. The maximum atomic E-state index is 13.4. The molecule has 6 nitrogen and oxygen atoms in total. The summed E-state index contributed by atoms with van der Waals surface area (Å²) in [5, 5.41) is 2.52. The number of rotatable bonds is 6. The maximum absolute atomic E-state index is 13.4. The molecular formula is C11H17F2N5O. The summed E-state index contributed by atoms with van der Waals surface area (Å²) in [5.41, 5.74) is 2.01. The number of amides is 1. The smallest absolute Gasteiger partial charge is 0.241 e. The molecule has 106 valence electrons. The van der Waals surface area contributed by atoms with E-state index in [0.717, 1.165) is 0 Å². The summed E-state index contributed by atoms with van der Waals surface area (Å²) < 4.78 is 26.5. The SMILES string of the molecule is CCN(CC)C(=O)CNc1nc(NN)c(F)cc1F. The van der Waals surface area contributed by atoms with Gasteiger partial charge in [-0.25, -0.2) is 19.6 Å². The van der Waals surface area contributed by atoms with E-state index in [2.05, 4.69) is 10.3 Å². The molecule has 0 spiro atoms. The number of nitrogens with one attached hydrogen (secondary N) is 2. The molecule has 1 aromatic heterocycles. The lowest BCUT2D eigenvalue weighted by Crippen LogP contribution is -2.35. The van der Waals surface area contributed by atoms with E-state index in [-0.39, 0.29) is 24.1 Å². The van der Waals surface area contributed by atoms with Crippen molar-refractivity contribution in [3.05, 3.63) is 17.7 Å². The molecule has 0 aliphatic rings. The number of pyridine rings is 1. The summed E-state index contributed by atoms with van der Waals surface area (Å²) >= 11 is 0. The van der Waals surface area contributed by atoms with Gasteiger partial charge in [0.1, 0.15) is 0 Å². The molecule has 0 unspecified atom stereocenters. The highest BCUT2D eigenvalue weighted by atomic mass is 19.1. The zero-order chi connectivity index (χ0) is 14.4. The summed E-state index contributed by atoms with van der Waals surface area (Å²) in [7, 11) is 0. The first-order valence-corrected chi connectivity index (χ1v) is 5.87. The van der Waals surface area contributed by atoms with Crippen LogP contribution in [0.4, 0.5) is 20.4 Å². The van der Waals surface area contributed by atoms with Crippen molar-refractivity contribution >= 4 is 17.5 Å². The van der Waals surface area contributed by atoms with Gasteiger partial charge < -0.3 is 15.6 Å². The molecule has 19 heavy (non-hydrogen) atoms. The van der Waals surface area contributed by atoms with E-state index in [1.165, 1.54) is 0 Å². The highest BCUT2D eigenvalue weighted by molar-refractivity contribution is 5.80. The molecule has 0 aliphatic carbocycles. The number of nitrogens with two attached hydrogens (primary N) is 1. The van der Waals surface area contributed by atoms with Crippen molar-refractivity contribution in [2.45, 2.75) is 13.8 Å². The Morgan fingerprint density at radius 1 is 1.32 bits per heavy atom. The van der Waals surface area contributed by atoms with Crippen LogP contribution >= 0.6 is 0 Å². The maximum Gasteiger partial charge on any atom is 0.241 e. The number of hydrogen-bond donors (Lipinski definition) is 3. The second kappa shape index (κ2) is 6.83. The standard InChI is InChI=1S/C11H17F2N5O/c1-3-18(4-2)9(19)6-15-10-7(12)5-8(13)11(16-10)17-14/h5H,3-4,6,14H2,1-2H3,(H2,15,16,17). The first kappa shape index (κ1) is 15.1. The van der Waals surface area contributed by atoms with Crippen molar-refractivity contribution in [3.8, 4) is 0 Å². The third kappa shape index (κ3) is 3.75. The first-order chi connectivity index (χ1) is 9.03. The molecule has 0 aromatic carbocycles. The van der Waals surface area contributed by atoms with E-state index in [4.69, 9.17) is 5.84 Å². The zero-order valence-electron chi connectivity index (χ0n) is 10.8. The lowest BCUT2D eigenvalue weighted by atomic mass is 10.4. The second-order valence-electron chi connectivity index (χ2n) is 3.71. The number of likely N-dealkylation sites (N-methyl/N-ethyl adjacent to an activating group) is 1. The van der Waals surface area contributed by atoms with Crippen LogP contribution < -0.4 is 16.6 Å². The summed E-state index contributed by atoms with van der Waals surface area (Å²) in [6.07, 6.45) is 0. The van der Waals surface area contributed by atoms with Crippen LogP contribution in [0.25, 0.3) is 0 Å². The molecule has 0 saturated carbocycles. The molecule has 0 bridgehead atoms. The van der Waals surface area contributed by atoms with Gasteiger partial charge in [-0.15, -0.1) is 0 Å². The molecule has 1 aromatic rings. The fourth-order valence-corrected chi connectivity index (χ4v) is 1.54. The Bertz CT molecular complexity index is 451. The Kier molecular flexibility index (Phi) is 5.43. The average Bonchev–Trinajstić information content (AvgIpc) is 2.39. The zero-order valence-corrected chi connectivity index (χ0v) is 10.8. The number of halogens is 2. The van der Waals surface area contributed by atoms with E-state index < -0.39 is 11.6 Å². The number of nitrogens with zero attached hydrogens (tertiary/aromatic N) is 2. The van der Waals surface area contributed by atoms with Crippen molar-refractivity contribution in [1.29, 1.82) is 0 Å². The van der Waals surface area contributed by atoms with Gasteiger partial charge in [0, 0.05) is 19.2 Å². The molecule has 0 fully saturated rings. The van der Waals surface area contributed by atoms with E-state index in [9.17, 15) is 13.6 Å². The highest BCUT2D eigenvalue weighted by Gasteiger charge is 2.14. The predicted molar refractivity (Wildman–Crippen MR) is 68.4 cm³/mol. The van der Waals surface area contributed by atoms with E-state index in [1.807, 2.05) is 19.3 Å². The fourth-order valence-electron chi connectivity index (χ4n) is 1.54. The number of hydrogen-bond acceptors (Lipinski definition) is 5. The number of anilines is 2. The van der Waals surface area contributed by atoms with Crippen LogP contribution in [0, 0.1) is 11.6 Å². The van der Waals surface area contributed by atoms with Crippen molar-refractivity contribution in [2.24, 2.45) is 5.84 Å². The number of hydrazine groups is 1. The summed E-state index contributed by atoms with van der Waals surface area (Å²) in [6, 6.07) is 0.645. The van der Waals surface area contributed by atoms with Crippen LogP contribution in [0.3, 0.4) is 0 Å². The van der Waals surface area contributed by atoms with Gasteiger partial charge in [-0.2, -0.15) is 0 Å². The van der Waals surface area contributed by atoms with E-state index in [1.54, 1.807) is 4.90 Å². The van der Waals surface area contributed by atoms with Gasteiger partial charge in [-0.3, -0.25) is 4.79 Å². The van der Waals surface area contributed by atoms with Gasteiger partial charge in [0.05, 0.1) is 6.54 Å². The number of aromatic nitrogens is 1. The lowest BCUT2D eigenvalue weighted by molar-refractivity contribution is -0.128. The third-order valence-electron chi connectivity index (χ3n) is 2.59. The molecule has 1 rings (SSSR count). The van der Waals surface area contributed by atoms with Gasteiger partial charge in [0.25, 0.3) is 0 Å². The summed E-state index contributed by atoms with van der Waals surface area (Å²) in [5.74, 6) is 2.54. The Hall–Kier alpha value is -1.96. The molecule has 4 N–H and O–H groups in total. The Morgan fingerprint density at radius 3 is 2.42 bits per heavy atom. The van der Waals surface area contributed by atoms with Crippen molar-refractivity contribution < 1.29 is 13.6 Å². The average molecular weight is 273 g/mol. The minimum absolute atomic E-state index is 0.124. The minimum Gasteiger partial charge on any atom is -0.358 e. The van der Waals surface area contributed by atoms with Gasteiger partial charge in [0.15, 0.2) is 23.3 Å². The van der Waals surface area contributed by atoms with Crippen molar-refractivity contribution in [1.82, 2.24) is 9.88 Å². The molecule has 8 heteroatoms. The Labute approximate surface area is 110 Å². The largest absolute Gasteiger partial charge is 0.358 e. The van der Waals surface area contributed by atoms with E-state index in [0.29, 0.717) is 19.2 Å². The summed E-state index contributed by atoms with van der Waals surface area (Å²) in [4.78, 5) is 16.9. The van der Waals surface area contributed by atoms with Gasteiger partial charge in [-0.05, 0) is 13.8 Å². The van der Waals surface area contributed by atoms with E-state index >= 15 is 0 Å². The molecule has 0 atom stereocenters. The Morgan fingerprint density at radius 2 is 1.89 bits per heavy atom. The highest BCUT2D eigenvalue weighted by Crippen LogP contribution is 2.17. The van der Waals surface area contributed by atoms with Gasteiger partial charge in [-0.1, -0.05) is 0 Å². The topological polar surface area (TPSA) is 83.3 Å². The fraction of sp³-hybridized carbons (Fsp3) is 0.455. The second-order valence-corrected chi connectivity index (χ2v) is 3.71. The molecule has 1 heterocycles. The lowest BCUT2D eigenvalue weighted by Gasteiger charge is -2.19. The number of carbonyl (C=O) groups is 1. The van der Waals surface area contributed by atoms with Crippen molar-refractivity contribution in [3.63, 3.8) is 0 Å². The van der Waals surface area contributed by atoms with Crippen LogP contribution in [-0.4, -0.2) is 35.4 Å². The van der Waals surface area contributed by atoms with Crippen LogP contribution in [-0.2, 0) is 4.79 Å². The third-order valence-corrected chi connectivity index (χ3v) is 2.59. The predicted octanol–water partition coefficient (Wildman–Crippen LogP) is 0.926. The quantitative estimate of drug-likeness (QED) is 0.530. The van der Waals surface area contributed by atoms with Crippen molar-refractivity contribution in [2.75, 3.05) is 30.4 Å². The molecule has 0 aliphatic heterocycles.